The molecule has 7 rings (SSSR count). The van der Waals surface area contributed by atoms with E-state index < -0.39 is 36.4 Å². The first-order chi connectivity index (χ1) is 19.8. The first-order valence-corrected chi connectivity index (χ1v) is 14.5. The first-order valence-electron chi connectivity index (χ1n) is 13.8. The number of ether oxygens (including phenoxy) is 1. The Balaban J connectivity index is 1.26. The summed E-state index contributed by atoms with van der Waals surface area (Å²) in [5.74, 6) is -3.84. The lowest BCUT2D eigenvalue weighted by Gasteiger charge is -2.45. The van der Waals surface area contributed by atoms with E-state index in [4.69, 9.17) is 27.9 Å². The number of hydrogen-bond acceptors (Lipinski definition) is 5. The van der Waals surface area contributed by atoms with E-state index in [1.165, 1.54) is 6.07 Å². The Bertz CT molecular complexity index is 1460. The lowest BCUT2D eigenvalue weighted by Crippen LogP contribution is -2.47. The Labute approximate surface area is 247 Å². The highest BCUT2D eigenvalue weighted by Gasteiger charge is 2.63. The van der Waals surface area contributed by atoms with Crippen LogP contribution in [-0.2, 0) is 23.9 Å². The Morgan fingerprint density at radius 1 is 0.878 bits per heavy atom. The molecule has 3 aliphatic carbocycles. The Morgan fingerprint density at radius 2 is 1.41 bits per heavy atom. The molecule has 210 valence electrons. The van der Waals surface area contributed by atoms with Crippen LogP contribution in [0.1, 0.15) is 60.3 Å². The molecule has 1 heterocycles. The number of imide groups is 1. The molecule has 3 amide bonds. The van der Waals surface area contributed by atoms with Crippen molar-refractivity contribution in [3.63, 3.8) is 0 Å². The fourth-order valence-corrected chi connectivity index (χ4v) is 7.11. The van der Waals surface area contributed by atoms with Gasteiger partial charge in [-0.2, -0.15) is 0 Å². The molecule has 1 N–H and O–H groups in total. The van der Waals surface area contributed by atoms with Gasteiger partial charge in [0.05, 0.1) is 22.5 Å². The van der Waals surface area contributed by atoms with Crippen LogP contribution in [0, 0.1) is 11.8 Å². The largest absolute Gasteiger partial charge is 0.454 e. The highest BCUT2D eigenvalue weighted by molar-refractivity contribution is 6.35. The highest BCUT2D eigenvalue weighted by Crippen LogP contribution is 2.61. The summed E-state index contributed by atoms with van der Waals surface area (Å²) in [6.45, 7) is 1.36. The van der Waals surface area contributed by atoms with Crippen LogP contribution in [-0.4, -0.2) is 41.2 Å². The number of halogens is 2. The van der Waals surface area contributed by atoms with Gasteiger partial charge in [-0.1, -0.05) is 91.5 Å². The smallest absolute Gasteiger partial charge is 0.329 e. The van der Waals surface area contributed by atoms with Crippen molar-refractivity contribution >= 4 is 52.6 Å². The second-order valence-corrected chi connectivity index (χ2v) is 11.6. The average Bonchev–Trinajstić information content (AvgIpc) is 3.24. The van der Waals surface area contributed by atoms with Crippen molar-refractivity contribution in [3.05, 3.63) is 99.0 Å². The summed E-state index contributed by atoms with van der Waals surface area (Å²) in [7, 11) is 0. The highest BCUT2D eigenvalue weighted by atomic mass is 35.5. The van der Waals surface area contributed by atoms with Gasteiger partial charge in [0.2, 0.25) is 11.8 Å². The van der Waals surface area contributed by atoms with Gasteiger partial charge in [-0.25, -0.2) is 4.79 Å². The van der Waals surface area contributed by atoms with Crippen molar-refractivity contribution in [1.82, 2.24) is 4.90 Å². The van der Waals surface area contributed by atoms with E-state index in [0.29, 0.717) is 11.4 Å². The molecule has 0 saturated carbocycles. The molecule has 9 heteroatoms. The molecule has 0 unspecified atom stereocenters. The monoisotopic (exact) mass is 590 g/mol. The number of rotatable bonds is 8. The molecular weight excluding hydrogens is 563 g/mol. The first kappa shape index (κ1) is 27.5. The van der Waals surface area contributed by atoms with E-state index >= 15 is 0 Å². The van der Waals surface area contributed by atoms with Crippen molar-refractivity contribution in [1.29, 1.82) is 0 Å². The molecule has 7 nitrogen and oxygen atoms in total. The van der Waals surface area contributed by atoms with Crippen LogP contribution in [0.15, 0.2) is 66.7 Å². The van der Waals surface area contributed by atoms with Gasteiger partial charge in [0.1, 0.15) is 6.04 Å². The number of likely N-dealkylation sites (tertiary alicyclic amines) is 1. The van der Waals surface area contributed by atoms with Gasteiger partial charge in [-0.3, -0.25) is 19.3 Å². The standard InChI is InChI=1S/C32H28Cl2N2O5/c1-2-3-12-24(32(40)41-16-25(37)35-23-15-17(33)13-14-22(23)34)36-30(38)28-26-18-8-4-5-9-19(18)27(29(28)31(36)39)21-11-7-6-10-20(21)26/h4-11,13-15,24,26-29H,2-3,12,16H2,1H3,(H,35,37)/t24-,26?,27?,28-,29-/m1/s1. The van der Waals surface area contributed by atoms with Crippen molar-refractivity contribution in [2.45, 2.75) is 44.1 Å². The summed E-state index contributed by atoms with van der Waals surface area (Å²) >= 11 is 12.1. The molecule has 41 heavy (non-hydrogen) atoms. The lowest BCUT2D eigenvalue weighted by molar-refractivity contribution is -0.160. The summed E-state index contributed by atoms with van der Waals surface area (Å²) in [5.41, 5.74) is 4.52. The molecule has 3 aromatic rings. The third kappa shape index (κ3) is 4.61. The number of carbonyl (C=O) groups is 4. The summed E-state index contributed by atoms with van der Waals surface area (Å²) in [6.07, 6.45) is 1.61. The van der Waals surface area contributed by atoms with Crippen LogP contribution < -0.4 is 5.32 Å². The summed E-state index contributed by atoms with van der Waals surface area (Å²) in [6, 6.07) is 19.5. The van der Waals surface area contributed by atoms with Gasteiger partial charge in [0.25, 0.3) is 5.91 Å². The molecule has 3 aromatic carbocycles. The number of hydrogen-bond donors (Lipinski definition) is 1. The van der Waals surface area contributed by atoms with Gasteiger partial charge < -0.3 is 10.1 Å². The normalized spacial score (nSPS) is 22.6. The molecule has 0 radical (unpaired) electrons. The van der Waals surface area contributed by atoms with E-state index in [1.807, 2.05) is 55.5 Å². The number of nitrogens with zero attached hydrogens (tertiary/aromatic N) is 1. The van der Waals surface area contributed by atoms with E-state index in [2.05, 4.69) is 5.32 Å². The van der Waals surface area contributed by atoms with E-state index in [9.17, 15) is 19.2 Å². The Hall–Kier alpha value is -3.68. The maximum Gasteiger partial charge on any atom is 0.329 e. The molecule has 3 atom stereocenters. The van der Waals surface area contributed by atoms with Crippen LogP contribution in [0.25, 0.3) is 0 Å². The zero-order valence-electron chi connectivity index (χ0n) is 22.3. The molecule has 1 aliphatic heterocycles. The number of anilines is 1. The third-order valence-electron chi connectivity index (χ3n) is 8.45. The van der Waals surface area contributed by atoms with Crippen molar-refractivity contribution in [2.75, 3.05) is 11.9 Å². The summed E-state index contributed by atoms with van der Waals surface area (Å²) in [4.78, 5) is 55.4. The maximum absolute atomic E-state index is 14.1. The van der Waals surface area contributed by atoms with E-state index in [1.54, 1.807) is 12.1 Å². The van der Waals surface area contributed by atoms with Crippen LogP contribution in [0.5, 0.6) is 0 Å². The predicted octanol–water partition coefficient (Wildman–Crippen LogP) is 5.93. The number of unbranched alkanes of at least 4 members (excludes halogenated alkanes) is 1. The number of benzene rings is 3. The van der Waals surface area contributed by atoms with Crippen LogP contribution >= 0.6 is 23.2 Å². The van der Waals surface area contributed by atoms with Crippen LogP contribution in [0.4, 0.5) is 5.69 Å². The number of nitrogens with one attached hydrogen (secondary N) is 1. The summed E-state index contributed by atoms with van der Waals surface area (Å²) < 4.78 is 5.39. The molecule has 0 aromatic heterocycles. The van der Waals surface area contributed by atoms with Gasteiger partial charge in [0.15, 0.2) is 6.61 Å². The fourth-order valence-electron chi connectivity index (χ4n) is 6.77. The second kappa shape index (κ2) is 11.0. The lowest BCUT2D eigenvalue weighted by atomic mass is 9.55. The minimum atomic E-state index is -1.12. The van der Waals surface area contributed by atoms with E-state index in [-0.39, 0.29) is 40.8 Å². The summed E-state index contributed by atoms with van der Waals surface area (Å²) in [5, 5.41) is 3.24. The molecular formula is C32H28Cl2N2O5. The van der Waals surface area contributed by atoms with Gasteiger partial charge in [0, 0.05) is 16.9 Å². The zero-order valence-corrected chi connectivity index (χ0v) is 23.8. The predicted molar refractivity (Wildman–Crippen MR) is 155 cm³/mol. The quantitative estimate of drug-likeness (QED) is 0.259. The molecule has 2 bridgehead atoms. The number of amides is 3. The maximum atomic E-state index is 14.1. The van der Waals surface area contributed by atoms with Crippen molar-refractivity contribution in [2.24, 2.45) is 11.8 Å². The molecule has 1 saturated heterocycles. The van der Waals surface area contributed by atoms with Crippen molar-refractivity contribution < 1.29 is 23.9 Å². The Morgan fingerprint density at radius 3 is 1.93 bits per heavy atom. The minimum Gasteiger partial charge on any atom is -0.454 e. The van der Waals surface area contributed by atoms with Crippen LogP contribution in [0.3, 0.4) is 0 Å². The van der Waals surface area contributed by atoms with Crippen LogP contribution in [0.2, 0.25) is 10.0 Å². The van der Waals surface area contributed by atoms with Gasteiger partial charge in [-0.05, 0) is 46.9 Å². The topological polar surface area (TPSA) is 92.8 Å². The molecule has 1 fully saturated rings. The van der Waals surface area contributed by atoms with Crippen molar-refractivity contribution in [3.8, 4) is 0 Å². The minimum absolute atomic E-state index is 0.253. The van der Waals surface area contributed by atoms with Gasteiger partial charge >= 0.3 is 5.97 Å². The second-order valence-electron chi connectivity index (χ2n) is 10.7. The third-order valence-corrected chi connectivity index (χ3v) is 9.01. The number of carbonyl (C=O) groups excluding carboxylic acids is 4. The number of esters is 1. The zero-order chi connectivity index (χ0) is 28.8. The molecule has 0 spiro atoms. The van der Waals surface area contributed by atoms with Gasteiger partial charge in [-0.15, -0.1) is 0 Å². The Kier molecular flexibility index (Phi) is 7.34. The fraction of sp³-hybridized carbons (Fsp3) is 0.312. The molecule has 4 aliphatic rings. The van der Waals surface area contributed by atoms with E-state index in [0.717, 1.165) is 33.6 Å². The average molecular weight is 591 g/mol. The SMILES string of the molecule is CCCC[C@H](C(=O)OCC(=O)Nc1cc(Cl)ccc1Cl)N1C(=O)[C@@H]2C3c4ccccc4C(c4ccccc43)[C@H]2C1=O.